The number of nitrogens with zero attached hydrogens (tertiary/aromatic N) is 1. The van der Waals surface area contributed by atoms with E-state index in [4.69, 9.17) is 9.47 Å². The molecule has 0 aliphatic carbocycles. The number of hydrogen-bond donors (Lipinski definition) is 0. The van der Waals surface area contributed by atoms with Crippen LogP contribution in [0.3, 0.4) is 0 Å². The number of rotatable bonds is 5. The van der Waals surface area contributed by atoms with Gasteiger partial charge in [-0.1, -0.05) is 0 Å². The summed E-state index contributed by atoms with van der Waals surface area (Å²) in [6, 6.07) is 3.86. The number of hydrogen-bond acceptors (Lipinski definition) is 4. The molecule has 0 spiro atoms. The van der Waals surface area contributed by atoms with Crippen LogP contribution in [0.4, 0.5) is 0 Å². The fourth-order valence-electron chi connectivity index (χ4n) is 1.52. The van der Waals surface area contributed by atoms with E-state index in [1.54, 1.807) is 14.2 Å². The molecule has 0 fully saturated rings. The summed E-state index contributed by atoms with van der Waals surface area (Å²) in [5, 5.41) is 0. The zero-order valence-electron chi connectivity index (χ0n) is 9.74. The van der Waals surface area contributed by atoms with Gasteiger partial charge in [-0.15, -0.1) is 0 Å². The molecule has 0 radical (unpaired) electrons. The van der Waals surface area contributed by atoms with Crippen molar-refractivity contribution in [3.05, 3.63) is 23.3 Å². The molecule has 0 bridgehead atoms. The molecule has 0 N–H and O–H groups in total. The molecule has 16 heavy (non-hydrogen) atoms. The Bertz CT molecular complexity index is 384. The third kappa shape index (κ3) is 2.84. The lowest BCUT2D eigenvalue weighted by atomic mass is 10.1. The van der Waals surface area contributed by atoms with Gasteiger partial charge in [0.05, 0.1) is 20.8 Å². The number of ether oxygens (including phenoxy) is 2. The molecule has 1 aromatic carbocycles. The first-order valence-corrected chi connectivity index (χ1v) is 4.98. The second kappa shape index (κ2) is 5.93. The van der Waals surface area contributed by atoms with Crippen molar-refractivity contribution in [1.82, 2.24) is 0 Å². The molecule has 4 heteroatoms. The maximum Gasteiger partial charge on any atom is 0.234 e. The molecule has 0 amide bonds. The first kappa shape index (κ1) is 12.3. The van der Waals surface area contributed by atoms with Crippen LogP contribution in [0.2, 0.25) is 0 Å². The minimum Gasteiger partial charge on any atom is -0.496 e. The number of methoxy groups -OCH3 is 2. The molecule has 0 saturated heterocycles. The van der Waals surface area contributed by atoms with E-state index in [1.807, 2.05) is 19.1 Å². The van der Waals surface area contributed by atoms with Gasteiger partial charge in [0.2, 0.25) is 6.08 Å². The molecule has 86 valence electrons. The zero-order valence-corrected chi connectivity index (χ0v) is 9.74. The Balaban J connectivity index is 2.97. The van der Waals surface area contributed by atoms with Crippen LogP contribution in [0.25, 0.3) is 0 Å². The summed E-state index contributed by atoms with van der Waals surface area (Å²) in [4.78, 5) is 13.5. The molecule has 1 rings (SSSR count). The van der Waals surface area contributed by atoms with Crippen LogP contribution < -0.4 is 9.47 Å². The summed E-state index contributed by atoms with van der Waals surface area (Å²) >= 11 is 0. The van der Waals surface area contributed by atoms with Crippen molar-refractivity contribution >= 4 is 6.08 Å². The van der Waals surface area contributed by atoms with E-state index in [2.05, 4.69) is 4.99 Å². The third-order valence-electron chi connectivity index (χ3n) is 2.39. The monoisotopic (exact) mass is 221 g/mol. The average molecular weight is 221 g/mol. The summed E-state index contributed by atoms with van der Waals surface area (Å²) in [5.74, 6) is 1.56. The molecule has 4 nitrogen and oxygen atoms in total. The molecular weight excluding hydrogens is 206 g/mol. The molecule has 0 aliphatic rings. The van der Waals surface area contributed by atoms with Gasteiger partial charge in [0, 0.05) is 5.56 Å². The summed E-state index contributed by atoms with van der Waals surface area (Å²) in [6.45, 7) is 2.36. The highest BCUT2D eigenvalue weighted by Gasteiger charge is 2.07. The van der Waals surface area contributed by atoms with Crippen molar-refractivity contribution in [3.63, 3.8) is 0 Å². The maximum absolute atomic E-state index is 9.95. The Morgan fingerprint density at radius 2 is 1.81 bits per heavy atom. The van der Waals surface area contributed by atoms with Gasteiger partial charge in [-0.3, -0.25) is 0 Å². The van der Waals surface area contributed by atoms with E-state index in [9.17, 15) is 4.79 Å². The molecular formula is C12H15NO3. The Morgan fingerprint density at radius 3 is 2.25 bits per heavy atom. The van der Waals surface area contributed by atoms with E-state index in [0.717, 1.165) is 22.6 Å². The SMILES string of the molecule is COc1cc(CCN=C=O)cc(OC)c1C. The van der Waals surface area contributed by atoms with Gasteiger partial charge in [-0.25, -0.2) is 9.79 Å². The van der Waals surface area contributed by atoms with Crippen LogP contribution in [0.1, 0.15) is 11.1 Å². The van der Waals surface area contributed by atoms with Crippen molar-refractivity contribution in [2.75, 3.05) is 20.8 Å². The van der Waals surface area contributed by atoms with Gasteiger partial charge < -0.3 is 9.47 Å². The van der Waals surface area contributed by atoms with Crippen LogP contribution in [-0.2, 0) is 11.2 Å². The second-order valence-corrected chi connectivity index (χ2v) is 3.35. The van der Waals surface area contributed by atoms with Crippen LogP contribution in [0, 0.1) is 6.92 Å². The van der Waals surface area contributed by atoms with E-state index >= 15 is 0 Å². The number of aliphatic imine (C=N–C) groups is 1. The molecule has 0 saturated carbocycles. The van der Waals surface area contributed by atoms with Crippen LogP contribution in [-0.4, -0.2) is 26.8 Å². The highest BCUT2D eigenvalue weighted by Crippen LogP contribution is 2.29. The van der Waals surface area contributed by atoms with E-state index in [1.165, 1.54) is 6.08 Å². The van der Waals surface area contributed by atoms with Crippen molar-refractivity contribution < 1.29 is 14.3 Å². The fraction of sp³-hybridized carbons (Fsp3) is 0.417. The van der Waals surface area contributed by atoms with Gasteiger partial charge >= 0.3 is 0 Å². The fourth-order valence-corrected chi connectivity index (χ4v) is 1.52. The Kier molecular flexibility index (Phi) is 4.55. The largest absolute Gasteiger partial charge is 0.496 e. The van der Waals surface area contributed by atoms with Crippen molar-refractivity contribution in [3.8, 4) is 11.5 Å². The van der Waals surface area contributed by atoms with Crippen LogP contribution >= 0.6 is 0 Å². The lowest BCUT2D eigenvalue weighted by Gasteiger charge is -2.11. The molecule has 0 atom stereocenters. The normalized spacial score (nSPS) is 9.44. The highest BCUT2D eigenvalue weighted by molar-refractivity contribution is 5.47. The van der Waals surface area contributed by atoms with Crippen LogP contribution in [0.5, 0.6) is 11.5 Å². The van der Waals surface area contributed by atoms with Gasteiger partial charge in [-0.2, -0.15) is 0 Å². The second-order valence-electron chi connectivity index (χ2n) is 3.35. The average Bonchev–Trinajstić information content (AvgIpc) is 2.31. The van der Waals surface area contributed by atoms with Crippen LogP contribution in [0.15, 0.2) is 17.1 Å². The molecule has 0 heterocycles. The van der Waals surface area contributed by atoms with E-state index in [-0.39, 0.29) is 0 Å². The minimum atomic E-state index is 0.429. The molecule has 0 unspecified atom stereocenters. The van der Waals surface area contributed by atoms with E-state index in [0.29, 0.717) is 13.0 Å². The van der Waals surface area contributed by atoms with Crippen molar-refractivity contribution in [1.29, 1.82) is 0 Å². The lowest BCUT2D eigenvalue weighted by Crippen LogP contribution is -1.97. The topological polar surface area (TPSA) is 47.9 Å². The standard InChI is InChI=1S/C12H15NO3/c1-9-11(15-2)6-10(4-5-13-8-14)7-12(9)16-3/h6-7H,4-5H2,1-3H3. The first-order chi connectivity index (χ1) is 7.72. The third-order valence-corrected chi connectivity index (χ3v) is 2.39. The van der Waals surface area contributed by atoms with Gasteiger partial charge in [-0.05, 0) is 31.0 Å². The summed E-state index contributed by atoms with van der Waals surface area (Å²) in [7, 11) is 3.24. The molecule has 0 aromatic heterocycles. The quantitative estimate of drug-likeness (QED) is 0.563. The van der Waals surface area contributed by atoms with Crippen molar-refractivity contribution in [2.24, 2.45) is 4.99 Å². The van der Waals surface area contributed by atoms with Gasteiger partial charge in [0.15, 0.2) is 0 Å². The summed E-state index contributed by atoms with van der Waals surface area (Å²) in [5.41, 5.74) is 1.99. The van der Waals surface area contributed by atoms with Crippen molar-refractivity contribution in [2.45, 2.75) is 13.3 Å². The summed E-state index contributed by atoms with van der Waals surface area (Å²) < 4.78 is 10.5. The van der Waals surface area contributed by atoms with E-state index < -0.39 is 0 Å². The van der Waals surface area contributed by atoms with Gasteiger partial charge in [0.25, 0.3) is 0 Å². The Morgan fingerprint density at radius 1 is 1.25 bits per heavy atom. The summed E-state index contributed by atoms with van der Waals surface area (Å²) in [6.07, 6.45) is 2.19. The van der Waals surface area contributed by atoms with Gasteiger partial charge in [0.1, 0.15) is 11.5 Å². The Hall–Kier alpha value is -1.80. The zero-order chi connectivity index (χ0) is 12.0. The highest BCUT2D eigenvalue weighted by atomic mass is 16.5. The number of carbonyl (C=O) groups excluding carboxylic acids is 1. The molecule has 0 aliphatic heterocycles. The maximum atomic E-state index is 9.95. The Labute approximate surface area is 94.9 Å². The lowest BCUT2D eigenvalue weighted by molar-refractivity contribution is 0.388. The smallest absolute Gasteiger partial charge is 0.234 e. The number of benzene rings is 1. The minimum absolute atomic E-state index is 0.429. The molecule has 1 aromatic rings. The predicted octanol–water partition coefficient (Wildman–Crippen LogP) is 1.89. The predicted molar refractivity (Wildman–Crippen MR) is 61.0 cm³/mol. The first-order valence-electron chi connectivity index (χ1n) is 4.98. The number of isocyanates is 1.